The largest absolute Gasteiger partial charge is 0.544 e. The van der Waals surface area contributed by atoms with Crippen LogP contribution in [0.15, 0.2) is 23.8 Å². The van der Waals surface area contributed by atoms with Crippen molar-refractivity contribution in [3.05, 3.63) is 29.3 Å². The number of carbonyl (C=O) groups is 1. The van der Waals surface area contributed by atoms with Crippen LogP contribution in [0.4, 0.5) is 0 Å². The van der Waals surface area contributed by atoms with E-state index in [2.05, 4.69) is 0 Å². The lowest BCUT2D eigenvalue weighted by atomic mass is 10.1. The molecule has 88 valence electrons. The molecule has 0 spiro atoms. The fraction of sp³-hybridized carbons (Fsp3) is 0.167. The van der Waals surface area contributed by atoms with Crippen LogP contribution in [0.5, 0.6) is 11.5 Å². The van der Waals surface area contributed by atoms with Crippen molar-refractivity contribution in [3.63, 3.8) is 0 Å². The Bertz CT molecular complexity index is 500. The Labute approximate surface area is 98.5 Å². The summed E-state index contributed by atoms with van der Waals surface area (Å²) in [6, 6.07) is 6.37. The molecule has 0 saturated carbocycles. The number of nitrogens with zero attached hydrogens (tertiary/aromatic N) is 1. The van der Waals surface area contributed by atoms with Crippen molar-refractivity contribution < 1.29 is 19.4 Å². The number of ether oxygens (including phenoxy) is 2. The second-order valence-corrected chi connectivity index (χ2v) is 3.07. The molecule has 5 nitrogen and oxygen atoms in total. The number of benzene rings is 1. The van der Waals surface area contributed by atoms with Crippen molar-refractivity contribution in [1.82, 2.24) is 0 Å². The molecule has 0 aliphatic heterocycles. The summed E-state index contributed by atoms with van der Waals surface area (Å²) in [4.78, 5) is 10.6. The van der Waals surface area contributed by atoms with E-state index in [0.29, 0.717) is 17.1 Å². The van der Waals surface area contributed by atoms with Crippen LogP contribution in [-0.2, 0) is 4.79 Å². The molecule has 1 aromatic carbocycles. The lowest BCUT2D eigenvalue weighted by molar-refractivity contribution is -0.298. The van der Waals surface area contributed by atoms with Gasteiger partial charge in [0.05, 0.1) is 25.8 Å². The summed E-state index contributed by atoms with van der Waals surface area (Å²) in [5.41, 5.74) is 0.00233. The number of carbonyl (C=O) groups excluding carboxylic acids is 1. The minimum absolute atomic E-state index is 0.415. The lowest BCUT2D eigenvalue weighted by Gasteiger charge is -2.08. The Hall–Kier alpha value is -2.48. The fourth-order valence-corrected chi connectivity index (χ4v) is 1.23. The Morgan fingerprint density at radius 2 is 2.12 bits per heavy atom. The first-order chi connectivity index (χ1) is 8.12. The zero-order chi connectivity index (χ0) is 12.8. The van der Waals surface area contributed by atoms with Gasteiger partial charge in [-0.3, -0.25) is 0 Å². The molecule has 0 aromatic heterocycles. The van der Waals surface area contributed by atoms with Crippen molar-refractivity contribution >= 4 is 12.0 Å². The zero-order valence-electron chi connectivity index (χ0n) is 9.39. The van der Waals surface area contributed by atoms with Crippen molar-refractivity contribution in [2.24, 2.45) is 0 Å². The highest BCUT2D eigenvalue weighted by atomic mass is 16.5. The van der Waals surface area contributed by atoms with Gasteiger partial charge >= 0.3 is 0 Å². The summed E-state index contributed by atoms with van der Waals surface area (Å²) in [7, 11) is 2.95. The molecule has 17 heavy (non-hydrogen) atoms. The predicted molar refractivity (Wildman–Crippen MR) is 58.1 cm³/mol. The monoisotopic (exact) mass is 232 g/mol. The van der Waals surface area contributed by atoms with Crippen LogP contribution in [0.2, 0.25) is 0 Å². The minimum Gasteiger partial charge on any atom is -0.544 e. The van der Waals surface area contributed by atoms with Crippen molar-refractivity contribution in [3.8, 4) is 17.6 Å². The van der Waals surface area contributed by atoms with Gasteiger partial charge in [-0.05, 0) is 18.2 Å². The van der Waals surface area contributed by atoms with E-state index >= 15 is 0 Å². The maximum absolute atomic E-state index is 10.6. The van der Waals surface area contributed by atoms with Crippen molar-refractivity contribution in [2.45, 2.75) is 0 Å². The number of aliphatic carboxylic acids is 1. The fourth-order valence-electron chi connectivity index (χ4n) is 1.23. The van der Waals surface area contributed by atoms with Gasteiger partial charge in [0.15, 0.2) is 0 Å². The third-order valence-corrected chi connectivity index (χ3v) is 2.08. The van der Waals surface area contributed by atoms with Crippen LogP contribution in [0.25, 0.3) is 6.08 Å². The van der Waals surface area contributed by atoms with Crippen molar-refractivity contribution in [1.29, 1.82) is 5.26 Å². The Balaban J connectivity index is 3.23. The average molecular weight is 232 g/mol. The van der Waals surface area contributed by atoms with Gasteiger partial charge in [-0.1, -0.05) is 0 Å². The highest BCUT2D eigenvalue weighted by molar-refractivity contribution is 5.95. The molecule has 0 amide bonds. The SMILES string of the molecule is COc1ccc(/C=C(\C#N)C(=O)[O-])c(OC)c1. The van der Waals surface area contributed by atoms with Crippen LogP contribution in [0.3, 0.4) is 0 Å². The number of rotatable bonds is 4. The van der Waals surface area contributed by atoms with Crippen LogP contribution < -0.4 is 14.6 Å². The molecule has 0 aliphatic rings. The molecular formula is C12H10NO4-. The molecule has 0 unspecified atom stereocenters. The summed E-state index contributed by atoms with van der Waals surface area (Å²) in [5.74, 6) is -0.533. The van der Waals surface area contributed by atoms with E-state index < -0.39 is 11.5 Å². The first-order valence-electron chi connectivity index (χ1n) is 4.67. The minimum atomic E-state index is -1.52. The molecule has 0 bridgehead atoms. The summed E-state index contributed by atoms with van der Waals surface area (Å²) < 4.78 is 10.1. The van der Waals surface area contributed by atoms with Crippen LogP contribution in [0.1, 0.15) is 5.56 Å². The summed E-state index contributed by atoms with van der Waals surface area (Å²) >= 11 is 0. The zero-order valence-corrected chi connectivity index (χ0v) is 9.39. The summed E-state index contributed by atoms with van der Waals surface area (Å²) in [6.45, 7) is 0. The molecule has 1 aromatic rings. The first kappa shape index (κ1) is 12.6. The van der Waals surface area contributed by atoms with Gasteiger partial charge in [-0.2, -0.15) is 5.26 Å². The maximum atomic E-state index is 10.6. The number of carboxylic acid groups (broad SMARTS) is 1. The van der Waals surface area contributed by atoms with E-state index in [-0.39, 0.29) is 0 Å². The number of hydrogen-bond donors (Lipinski definition) is 0. The molecular weight excluding hydrogens is 222 g/mol. The highest BCUT2D eigenvalue weighted by Crippen LogP contribution is 2.26. The van der Waals surface area contributed by atoms with E-state index in [1.807, 2.05) is 0 Å². The van der Waals surface area contributed by atoms with Gasteiger partial charge in [0, 0.05) is 11.6 Å². The van der Waals surface area contributed by atoms with E-state index in [0.717, 1.165) is 0 Å². The van der Waals surface area contributed by atoms with Gasteiger partial charge in [0.2, 0.25) is 0 Å². The lowest BCUT2D eigenvalue weighted by Crippen LogP contribution is -2.23. The molecule has 0 radical (unpaired) electrons. The van der Waals surface area contributed by atoms with Gasteiger partial charge in [0.1, 0.15) is 17.6 Å². The number of methoxy groups -OCH3 is 2. The van der Waals surface area contributed by atoms with E-state index in [4.69, 9.17) is 14.7 Å². The number of nitriles is 1. The molecule has 5 heteroatoms. The molecule has 0 fully saturated rings. The van der Waals surface area contributed by atoms with E-state index in [1.54, 1.807) is 24.3 Å². The molecule has 0 atom stereocenters. The third-order valence-electron chi connectivity index (χ3n) is 2.08. The molecule has 0 N–H and O–H groups in total. The van der Waals surface area contributed by atoms with Gasteiger partial charge in [-0.15, -0.1) is 0 Å². The first-order valence-corrected chi connectivity index (χ1v) is 4.67. The van der Waals surface area contributed by atoms with E-state index in [1.165, 1.54) is 20.3 Å². The second kappa shape index (κ2) is 5.56. The number of hydrogen-bond acceptors (Lipinski definition) is 5. The summed E-state index contributed by atoms with van der Waals surface area (Å²) in [6.07, 6.45) is 1.19. The number of carboxylic acids is 1. The Kier molecular flexibility index (Phi) is 4.12. The van der Waals surface area contributed by atoms with Crippen LogP contribution >= 0.6 is 0 Å². The maximum Gasteiger partial charge on any atom is 0.129 e. The van der Waals surface area contributed by atoms with Gasteiger partial charge in [-0.25, -0.2) is 0 Å². The normalized spacial score (nSPS) is 10.5. The molecule has 1 rings (SSSR count). The quantitative estimate of drug-likeness (QED) is 0.553. The van der Waals surface area contributed by atoms with Gasteiger partial charge < -0.3 is 19.4 Å². The standard InChI is InChI=1S/C12H11NO4/c1-16-10-4-3-8(11(6-10)17-2)5-9(7-13)12(14)15/h3-6H,1-2H3,(H,14,15)/p-1/b9-5+. The van der Waals surface area contributed by atoms with E-state index in [9.17, 15) is 9.90 Å². The predicted octanol–water partition coefficient (Wildman–Crippen LogP) is 0.361. The van der Waals surface area contributed by atoms with Gasteiger partial charge in [0.25, 0.3) is 0 Å². The van der Waals surface area contributed by atoms with Crippen LogP contribution in [-0.4, -0.2) is 20.2 Å². The Morgan fingerprint density at radius 1 is 1.41 bits per heavy atom. The topological polar surface area (TPSA) is 82.4 Å². The van der Waals surface area contributed by atoms with Crippen molar-refractivity contribution in [2.75, 3.05) is 14.2 Å². The second-order valence-electron chi connectivity index (χ2n) is 3.07. The third kappa shape index (κ3) is 2.98. The summed E-state index contributed by atoms with van der Waals surface area (Å²) in [5, 5.41) is 19.2. The average Bonchev–Trinajstić information content (AvgIpc) is 2.35. The Morgan fingerprint density at radius 3 is 2.59 bits per heavy atom. The molecule has 0 heterocycles. The molecule has 0 saturated heterocycles. The molecule has 0 aliphatic carbocycles. The smallest absolute Gasteiger partial charge is 0.129 e. The van der Waals surface area contributed by atoms with Crippen LogP contribution in [0, 0.1) is 11.3 Å². The highest BCUT2D eigenvalue weighted by Gasteiger charge is 2.05.